The second-order valence-electron chi connectivity index (χ2n) is 2.95. The second kappa shape index (κ2) is 4.81. The molecule has 0 spiro atoms. The van der Waals surface area contributed by atoms with Crippen molar-refractivity contribution in [2.45, 2.75) is 20.4 Å². The molecule has 0 aliphatic carbocycles. The molecule has 0 bridgehead atoms. The van der Waals surface area contributed by atoms with E-state index < -0.39 is 0 Å². The zero-order valence-corrected chi connectivity index (χ0v) is 8.49. The Bertz CT molecular complexity index is 317. The number of ether oxygens (including phenoxy) is 1. The highest BCUT2D eigenvalue weighted by Crippen LogP contribution is 2.11. The van der Waals surface area contributed by atoms with Crippen molar-refractivity contribution in [3.8, 4) is 0 Å². The van der Waals surface area contributed by atoms with E-state index in [4.69, 9.17) is 9.84 Å². The molecule has 1 aromatic rings. The van der Waals surface area contributed by atoms with E-state index >= 15 is 0 Å². The summed E-state index contributed by atoms with van der Waals surface area (Å²) in [5.74, 6) is -0.304. The van der Waals surface area contributed by atoms with Crippen molar-refractivity contribution in [3.63, 3.8) is 0 Å². The smallest absolute Gasteiger partial charge is 0.339 e. The van der Waals surface area contributed by atoms with E-state index in [0.717, 1.165) is 5.69 Å². The van der Waals surface area contributed by atoms with Gasteiger partial charge in [0.1, 0.15) is 0 Å². The summed E-state index contributed by atoms with van der Waals surface area (Å²) in [5.41, 5.74) is 1.40. The van der Waals surface area contributed by atoms with Crippen LogP contribution in [0.4, 0.5) is 0 Å². The Morgan fingerprint density at radius 1 is 1.64 bits per heavy atom. The number of rotatable bonds is 4. The van der Waals surface area contributed by atoms with Crippen molar-refractivity contribution in [2.75, 3.05) is 13.2 Å². The van der Waals surface area contributed by atoms with Crippen LogP contribution in [-0.4, -0.2) is 28.9 Å². The van der Waals surface area contributed by atoms with Crippen LogP contribution in [0.3, 0.4) is 0 Å². The van der Waals surface area contributed by atoms with Gasteiger partial charge < -0.3 is 14.4 Å². The molecule has 4 heteroatoms. The molecule has 1 aromatic heterocycles. The van der Waals surface area contributed by atoms with Crippen molar-refractivity contribution in [1.82, 2.24) is 4.57 Å². The lowest BCUT2D eigenvalue weighted by atomic mass is 10.2. The Hall–Kier alpha value is -1.29. The molecule has 14 heavy (non-hydrogen) atoms. The number of aliphatic hydroxyl groups is 1. The minimum absolute atomic E-state index is 0.0672. The first-order chi connectivity index (χ1) is 6.70. The molecule has 0 fully saturated rings. The van der Waals surface area contributed by atoms with Crippen molar-refractivity contribution < 1.29 is 14.6 Å². The summed E-state index contributed by atoms with van der Waals surface area (Å²) in [6, 6.07) is 1.71. The number of aliphatic hydroxyl groups excluding tert-OH is 1. The molecule has 0 radical (unpaired) electrons. The monoisotopic (exact) mass is 197 g/mol. The van der Waals surface area contributed by atoms with Gasteiger partial charge in [-0.05, 0) is 19.9 Å². The predicted octanol–water partition coefficient (Wildman–Crippen LogP) is 0.966. The van der Waals surface area contributed by atoms with Crippen LogP contribution in [0.2, 0.25) is 0 Å². The molecule has 78 valence electrons. The van der Waals surface area contributed by atoms with E-state index in [1.54, 1.807) is 19.2 Å². The Balaban J connectivity index is 2.83. The third-order valence-electron chi connectivity index (χ3n) is 2.08. The van der Waals surface area contributed by atoms with Gasteiger partial charge in [-0.3, -0.25) is 0 Å². The largest absolute Gasteiger partial charge is 0.462 e. The van der Waals surface area contributed by atoms with Crippen molar-refractivity contribution in [1.29, 1.82) is 0 Å². The van der Waals surface area contributed by atoms with Crippen LogP contribution in [-0.2, 0) is 11.3 Å². The lowest BCUT2D eigenvalue weighted by molar-refractivity contribution is 0.0525. The maximum absolute atomic E-state index is 11.4. The highest BCUT2D eigenvalue weighted by molar-refractivity contribution is 5.90. The zero-order valence-electron chi connectivity index (χ0n) is 8.49. The summed E-state index contributed by atoms with van der Waals surface area (Å²) in [6.45, 7) is 4.56. The van der Waals surface area contributed by atoms with E-state index in [9.17, 15) is 4.79 Å². The van der Waals surface area contributed by atoms with E-state index in [1.807, 2.05) is 11.5 Å². The number of carbonyl (C=O) groups is 1. The van der Waals surface area contributed by atoms with E-state index in [1.165, 1.54) is 0 Å². The van der Waals surface area contributed by atoms with E-state index in [2.05, 4.69) is 0 Å². The summed E-state index contributed by atoms with van der Waals surface area (Å²) < 4.78 is 6.71. The molecule has 0 unspecified atom stereocenters. The summed E-state index contributed by atoms with van der Waals surface area (Å²) in [5, 5.41) is 8.76. The van der Waals surface area contributed by atoms with Crippen LogP contribution in [0.15, 0.2) is 12.3 Å². The Morgan fingerprint density at radius 2 is 2.36 bits per heavy atom. The first kappa shape index (κ1) is 10.8. The van der Waals surface area contributed by atoms with Gasteiger partial charge in [0.25, 0.3) is 0 Å². The quantitative estimate of drug-likeness (QED) is 0.731. The van der Waals surface area contributed by atoms with Gasteiger partial charge in [-0.25, -0.2) is 4.79 Å². The molecule has 0 amide bonds. The minimum atomic E-state index is -0.304. The fraction of sp³-hybridized carbons (Fsp3) is 0.500. The SMILES string of the molecule is CCOC(=O)c1ccn(CCO)c1C. The standard InChI is InChI=1S/C10H15NO3/c1-3-14-10(13)9-4-5-11(6-7-12)8(9)2/h4-5,12H,3,6-7H2,1-2H3. The normalized spacial score (nSPS) is 10.2. The van der Waals surface area contributed by atoms with Crippen LogP contribution in [0.1, 0.15) is 23.0 Å². The fourth-order valence-electron chi connectivity index (χ4n) is 1.33. The van der Waals surface area contributed by atoms with Gasteiger partial charge >= 0.3 is 5.97 Å². The van der Waals surface area contributed by atoms with Gasteiger partial charge in [0.15, 0.2) is 0 Å². The van der Waals surface area contributed by atoms with Crippen LogP contribution >= 0.6 is 0 Å². The zero-order chi connectivity index (χ0) is 10.6. The topological polar surface area (TPSA) is 51.5 Å². The molecule has 0 aliphatic heterocycles. The van der Waals surface area contributed by atoms with Crippen LogP contribution in [0.5, 0.6) is 0 Å². The van der Waals surface area contributed by atoms with Gasteiger partial charge in [-0.1, -0.05) is 0 Å². The first-order valence-corrected chi connectivity index (χ1v) is 4.64. The van der Waals surface area contributed by atoms with Crippen molar-refractivity contribution in [3.05, 3.63) is 23.5 Å². The van der Waals surface area contributed by atoms with Gasteiger partial charge in [0, 0.05) is 18.4 Å². The molecule has 0 aliphatic rings. The Kier molecular flexibility index (Phi) is 3.71. The summed E-state index contributed by atoms with van der Waals surface area (Å²) in [4.78, 5) is 11.4. The third kappa shape index (κ3) is 2.14. The van der Waals surface area contributed by atoms with Crippen LogP contribution in [0.25, 0.3) is 0 Å². The maximum Gasteiger partial charge on any atom is 0.339 e. The second-order valence-corrected chi connectivity index (χ2v) is 2.95. The van der Waals surface area contributed by atoms with Crippen molar-refractivity contribution in [2.24, 2.45) is 0 Å². The molecule has 1 rings (SSSR count). The minimum Gasteiger partial charge on any atom is -0.462 e. The molecule has 0 atom stereocenters. The van der Waals surface area contributed by atoms with Gasteiger partial charge in [0.05, 0.1) is 18.8 Å². The summed E-state index contributed by atoms with van der Waals surface area (Å²) in [6.07, 6.45) is 1.78. The number of hydrogen-bond acceptors (Lipinski definition) is 3. The molecule has 4 nitrogen and oxygen atoms in total. The maximum atomic E-state index is 11.4. The Labute approximate surface area is 83.1 Å². The van der Waals surface area contributed by atoms with E-state index in [-0.39, 0.29) is 12.6 Å². The number of hydrogen-bond donors (Lipinski definition) is 1. The molecule has 0 aromatic carbocycles. The highest BCUT2D eigenvalue weighted by Gasteiger charge is 2.12. The van der Waals surface area contributed by atoms with Gasteiger partial charge in [0.2, 0.25) is 0 Å². The molecule has 0 saturated heterocycles. The average Bonchev–Trinajstić information content (AvgIpc) is 2.49. The number of aromatic nitrogens is 1. The fourth-order valence-corrected chi connectivity index (χ4v) is 1.33. The highest BCUT2D eigenvalue weighted by atomic mass is 16.5. The first-order valence-electron chi connectivity index (χ1n) is 4.64. The number of nitrogens with zero attached hydrogens (tertiary/aromatic N) is 1. The molecular weight excluding hydrogens is 182 g/mol. The van der Waals surface area contributed by atoms with Crippen molar-refractivity contribution >= 4 is 5.97 Å². The molecule has 1 heterocycles. The number of carbonyl (C=O) groups excluding carboxylic acids is 1. The van der Waals surface area contributed by atoms with Gasteiger partial charge in [-0.15, -0.1) is 0 Å². The predicted molar refractivity (Wildman–Crippen MR) is 52.2 cm³/mol. The summed E-state index contributed by atoms with van der Waals surface area (Å²) >= 11 is 0. The lowest BCUT2D eigenvalue weighted by Crippen LogP contribution is -2.08. The lowest BCUT2D eigenvalue weighted by Gasteiger charge is -2.04. The summed E-state index contributed by atoms with van der Waals surface area (Å²) in [7, 11) is 0. The van der Waals surface area contributed by atoms with Gasteiger partial charge in [-0.2, -0.15) is 0 Å². The molecule has 0 saturated carbocycles. The molecule has 1 N–H and O–H groups in total. The average molecular weight is 197 g/mol. The number of esters is 1. The Morgan fingerprint density at radius 3 is 2.93 bits per heavy atom. The van der Waals surface area contributed by atoms with E-state index in [0.29, 0.717) is 18.7 Å². The van der Waals surface area contributed by atoms with Crippen LogP contribution < -0.4 is 0 Å². The third-order valence-corrected chi connectivity index (χ3v) is 2.08. The molecular formula is C10H15NO3. The van der Waals surface area contributed by atoms with Crippen LogP contribution in [0, 0.1) is 6.92 Å².